The highest BCUT2D eigenvalue weighted by atomic mass is 35.5. The summed E-state index contributed by atoms with van der Waals surface area (Å²) >= 11 is 5.92. The average molecular weight is 581 g/mol. The molecule has 5 rings (SSSR count). The first-order chi connectivity index (χ1) is 19.5. The van der Waals surface area contributed by atoms with E-state index in [4.69, 9.17) is 21.3 Å². The maximum atomic E-state index is 14.4. The molecule has 1 spiro atoms. The van der Waals surface area contributed by atoms with Gasteiger partial charge in [-0.2, -0.15) is 0 Å². The molecule has 3 heterocycles. The topological polar surface area (TPSA) is 96.4 Å². The van der Waals surface area contributed by atoms with Gasteiger partial charge in [-0.25, -0.2) is 14.4 Å². The molecule has 1 aromatic carbocycles. The van der Waals surface area contributed by atoms with Gasteiger partial charge in [0.2, 0.25) is 5.88 Å². The van der Waals surface area contributed by atoms with Crippen LogP contribution in [0.15, 0.2) is 54.7 Å². The number of ether oxygens (including phenoxy) is 1. The number of aliphatic hydroxyl groups excluding tert-OH is 1. The Hall–Kier alpha value is -3.07. The van der Waals surface area contributed by atoms with Gasteiger partial charge >= 0.3 is 0 Å². The molecule has 3 atom stereocenters. The summed E-state index contributed by atoms with van der Waals surface area (Å²) < 4.78 is 20.8. The van der Waals surface area contributed by atoms with E-state index >= 15 is 0 Å². The largest absolute Gasteiger partial charge is 0.471 e. The highest BCUT2D eigenvalue weighted by Gasteiger charge is 2.46. The molecule has 7 nitrogen and oxygen atoms in total. The first-order valence-corrected chi connectivity index (χ1v) is 14.6. The van der Waals surface area contributed by atoms with Crippen LogP contribution in [0.2, 0.25) is 5.15 Å². The summed E-state index contributed by atoms with van der Waals surface area (Å²) in [7, 11) is 0. The van der Waals surface area contributed by atoms with Crippen molar-refractivity contribution in [3.8, 4) is 5.88 Å². The van der Waals surface area contributed by atoms with Crippen molar-refractivity contribution in [2.24, 2.45) is 5.41 Å². The van der Waals surface area contributed by atoms with Crippen molar-refractivity contribution in [1.82, 2.24) is 20.6 Å². The fourth-order valence-corrected chi connectivity index (χ4v) is 5.87. The van der Waals surface area contributed by atoms with E-state index in [9.17, 15) is 14.3 Å². The third-order valence-corrected chi connectivity index (χ3v) is 8.09. The minimum atomic E-state index is -0.976. The van der Waals surface area contributed by atoms with E-state index in [1.165, 1.54) is 6.07 Å². The number of aromatic nitrogens is 2. The number of carbonyl (C=O) groups excluding carboxylic acids is 1. The predicted molar refractivity (Wildman–Crippen MR) is 157 cm³/mol. The first-order valence-electron chi connectivity index (χ1n) is 14.3. The number of amides is 1. The summed E-state index contributed by atoms with van der Waals surface area (Å²) in [6.07, 6.45) is 6.01. The van der Waals surface area contributed by atoms with Crippen LogP contribution in [0.5, 0.6) is 5.88 Å². The lowest BCUT2D eigenvalue weighted by Gasteiger charge is -2.47. The van der Waals surface area contributed by atoms with Crippen LogP contribution in [0.1, 0.15) is 79.7 Å². The van der Waals surface area contributed by atoms with Gasteiger partial charge in [-0.3, -0.25) is 4.79 Å². The quantitative estimate of drug-likeness (QED) is 0.285. The van der Waals surface area contributed by atoms with Gasteiger partial charge in [0, 0.05) is 30.8 Å². The zero-order chi connectivity index (χ0) is 29.2. The van der Waals surface area contributed by atoms with Crippen LogP contribution in [0.4, 0.5) is 4.39 Å². The van der Waals surface area contributed by atoms with Crippen molar-refractivity contribution in [3.63, 3.8) is 0 Å². The lowest BCUT2D eigenvalue weighted by Crippen LogP contribution is -2.52. The van der Waals surface area contributed by atoms with Crippen LogP contribution in [0, 0.1) is 11.2 Å². The summed E-state index contributed by atoms with van der Waals surface area (Å²) in [5.74, 6) is -0.857. The predicted octanol–water partition coefficient (Wildman–Crippen LogP) is 5.60. The van der Waals surface area contributed by atoms with Gasteiger partial charge < -0.3 is 20.5 Å². The number of hydrogen-bond acceptors (Lipinski definition) is 6. The number of benzene rings is 1. The smallest absolute Gasteiger partial charge is 0.273 e. The molecule has 2 aliphatic rings. The fraction of sp³-hybridized carbons (Fsp3) is 0.469. The average Bonchev–Trinajstić information content (AvgIpc) is 2.91. The van der Waals surface area contributed by atoms with Gasteiger partial charge in [-0.05, 0) is 66.8 Å². The lowest BCUT2D eigenvalue weighted by molar-refractivity contribution is -0.0421. The molecule has 218 valence electrons. The maximum absolute atomic E-state index is 14.4. The summed E-state index contributed by atoms with van der Waals surface area (Å²) in [5.41, 5.74) is 2.53. The second-order valence-electron chi connectivity index (χ2n) is 12.6. The number of aliphatic hydroxyl groups is 1. The zero-order valence-corrected chi connectivity index (χ0v) is 24.5. The number of hydrogen-bond donors (Lipinski definition) is 3. The molecule has 0 bridgehead atoms. The van der Waals surface area contributed by atoms with Crippen molar-refractivity contribution in [3.05, 3.63) is 88.1 Å². The highest BCUT2D eigenvalue weighted by Crippen LogP contribution is 2.48. The van der Waals surface area contributed by atoms with Crippen LogP contribution in [-0.2, 0) is 12.8 Å². The molecule has 1 saturated carbocycles. The Morgan fingerprint density at radius 2 is 1.95 bits per heavy atom. The molecular formula is C32H38ClFN4O3. The van der Waals surface area contributed by atoms with Crippen LogP contribution in [-0.4, -0.2) is 45.3 Å². The molecule has 0 saturated heterocycles. The Bertz CT molecular complexity index is 1380. The van der Waals surface area contributed by atoms with Gasteiger partial charge in [-0.1, -0.05) is 62.7 Å². The standard InChI is InChI=1S/C32H38ClFN4O3/c1-31(2,3)16-21-14-22-25(17-32(12-7-13-32)41-30(22)36-18-21)35-19-26(39)24(15-20-8-5-4-6-9-20)37-29(40)28-23(34)10-11-27(33)38-28/h4-6,8-11,14,18,24-26,35,39H,7,12-13,15-17,19H2,1-3H3,(H,37,40)/t24-,25-,26+/m0/s1. The van der Waals surface area contributed by atoms with E-state index in [2.05, 4.69) is 42.5 Å². The minimum absolute atomic E-state index is 0.0147. The molecule has 0 radical (unpaired) electrons. The van der Waals surface area contributed by atoms with Gasteiger partial charge in [0.1, 0.15) is 10.8 Å². The molecule has 0 unspecified atom stereocenters. The molecule has 1 aliphatic heterocycles. The summed E-state index contributed by atoms with van der Waals surface area (Å²) in [6.45, 7) is 6.80. The Balaban J connectivity index is 1.35. The Kier molecular flexibility index (Phi) is 8.64. The van der Waals surface area contributed by atoms with Crippen molar-refractivity contribution >= 4 is 17.5 Å². The SMILES string of the molecule is CC(C)(C)Cc1cnc2c(c1)[C@@H](NC[C@@H](O)[C@H](Cc1ccccc1)NC(=O)c1nc(Cl)ccc1F)CC1(CCC1)O2. The van der Waals surface area contributed by atoms with Crippen molar-refractivity contribution in [2.45, 2.75) is 83.1 Å². The van der Waals surface area contributed by atoms with Crippen LogP contribution < -0.4 is 15.4 Å². The number of rotatable bonds is 9. The second kappa shape index (κ2) is 12.0. The van der Waals surface area contributed by atoms with Gasteiger partial charge in [0.25, 0.3) is 5.91 Å². The van der Waals surface area contributed by atoms with Gasteiger partial charge in [0.15, 0.2) is 11.5 Å². The number of carbonyl (C=O) groups is 1. The molecule has 2 aromatic heterocycles. The van der Waals surface area contributed by atoms with E-state index in [1.54, 1.807) is 0 Å². The maximum Gasteiger partial charge on any atom is 0.273 e. The molecule has 41 heavy (non-hydrogen) atoms. The molecule has 9 heteroatoms. The van der Waals surface area contributed by atoms with Gasteiger partial charge in [-0.15, -0.1) is 0 Å². The highest BCUT2D eigenvalue weighted by molar-refractivity contribution is 6.29. The Labute approximate surface area is 245 Å². The van der Waals surface area contributed by atoms with E-state index < -0.39 is 29.6 Å². The summed E-state index contributed by atoms with van der Waals surface area (Å²) in [4.78, 5) is 21.6. The number of nitrogens with one attached hydrogen (secondary N) is 2. The summed E-state index contributed by atoms with van der Waals surface area (Å²) in [6, 6.07) is 13.3. The number of nitrogens with zero attached hydrogens (tertiary/aromatic N) is 2. The van der Waals surface area contributed by atoms with Gasteiger partial charge in [0.05, 0.1) is 12.1 Å². The monoisotopic (exact) mass is 580 g/mol. The van der Waals surface area contributed by atoms with E-state index in [0.717, 1.165) is 54.9 Å². The van der Waals surface area contributed by atoms with Crippen LogP contribution >= 0.6 is 11.6 Å². The fourth-order valence-electron chi connectivity index (χ4n) is 5.72. The van der Waals surface area contributed by atoms with E-state index in [-0.39, 0.29) is 28.8 Å². The zero-order valence-electron chi connectivity index (χ0n) is 23.8. The third-order valence-electron chi connectivity index (χ3n) is 7.88. The molecule has 3 N–H and O–H groups in total. The van der Waals surface area contributed by atoms with Crippen LogP contribution in [0.3, 0.4) is 0 Å². The molecule has 1 fully saturated rings. The lowest BCUT2D eigenvalue weighted by atomic mass is 9.73. The molecule has 1 aliphatic carbocycles. The number of pyridine rings is 2. The summed E-state index contributed by atoms with van der Waals surface area (Å²) in [5, 5.41) is 17.8. The van der Waals surface area contributed by atoms with Crippen molar-refractivity contribution in [2.75, 3.05) is 6.54 Å². The Morgan fingerprint density at radius 3 is 2.63 bits per heavy atom. The van der Waals surface area contributed by atoms with Crippen molar-refractivity contribution in [1.29, 1.82) is 0 Å². The first kappa shape index (κ1) is 29.4. The second-order valence-corrected chi connectivity index (χ2v) is 13.0. The van der Waals surface area contributed by atoms with Crippen LogP contribution in [0.25, 0.3) is 0 Å². The number of halogens is 2. The van der Waals surface area contributed by atoms with Crippen molar-refractivity contribution < 1.29 is 19.0 Å². The minimum Gasteiger partial charge on any atom is -0.471 e. The normalized spacial score (nSPS) is 19.0. The third kappa shape index (κ3) is 7.23. The van der Waals surface area contributed by atoms with E-state index in [0.29, 0.717) is 12.3 Å². The number of fused-ring (bicyclic) bond motifs is 1. The molecule has 3 aromatic rings. The molecule has 1 amide bonds. The van der Waals surface area contributed by atoms with E-state index in [1.807, 2.05) is 36.5 Å². The molecular weight excluding hydrogens is 543 g/mol. The Morgan fingerprint density at radius 1 is 1.20 bits per heavy atom.